The van der Waals surface area contributed by atoms with Gasteiger partial charge in [-0.05, 0) is 55.6 Å². The summed E-state index contributed by atoms with van der Waals surface area (Å²) in [5, 5.41) is 0.0483. The third kappa shape index (κ3) is 3.29. The third-order valence-corrected chi connectivity index (χ3v) is 12.6. The minimum atomic E-state index is -2.10. The molecule has 5 atom stereocenters. The monoisotopic (exact) mass is 430 g/mol. The topological polar surface area (TPSA) is 52.6 Å². The summed E-state index contributed by atoms with van der Waals surface area (Å²) >= 11 is 0. The molecule has 5 heteroatoms. The van der Waals surface area contributed by atoms with Crippen LogP contribution >= 0.6 is 0 Å². The second-order valence-electron chi connectivity index (χ2n) is 11.2. The van der Waals surface area contributed by atoms with E-state index in [4.69, 9.17) is 9.16 Å². The van der Waals surface area contributed by atoms with Crippen molar-refractivity contribution in [2.45, 2.75) is 78.6 Å². The molecule has 0 amide bonds. The van der Waals surface area contributed by atoms with Gasteiger partial charge in [0.2, 0.25) is 8.32 Å². The largest absolute Gasteiger partial charge is 0.547 e. The Hall–Kier alpha value is -1.46. The molecule has 0 bridgehead atoms. The highest BCUT2D eigenvalue weighted by Crippen LogP contribution is 2.61. The van der Waals surface area contributed by atoms with Gasteiger partial charge < -0.3 is 9.16 Å². The number of methoxy groups -OCH3 is 1. The zero-order valence-corrected chi connectivity index (χ0v) is 21.1. The van der Waals surface area contributed by atoms with Gasteiger partial charge in [-0.15, -0.1) is 0 Å². The minimum absolute atomic E-state index is 0.00142. The number of ketones is 2. The normalized spacial score (nSPS) is 34.5. The van der Waals surface area contributed by atoms with Gasteiger partial charge in [0.15, 0.2) is 11.6 Å². The molecule has 4 nitrogen and oxygen atoms in total. The van der Waals surface area contributed by atoms with Crippen molar-refractivity contribution in [2.24, 2.45) is 23.2 Å². The van der Waals surface area contributed by atoms with Crippen LogP contribution in [0.15, 0.2) is 35.1 Å². The standard InChI is InChI=1S/C25H38O4Si/c1-14(2)21-20(28-8)12-16-19(29-30(9,10)24(4,5)6)13-17-18(26)11-15(3)23(27)25(17,7)22(16)21/h11,17,20-22H,1,12-13H2,2-10H3/t17-,20+,21+,22+,25+/m1/s1. The Balaban J connectivity index is 2.22. The average Bonchev–Trinajstić information content (AvgIpc) is 3.02. The number of fused-ring (bicyclic) bond motifs is 3. The Bertz CT molecular complexity index is 857. The van der Waals surface area contributed by atoms with Crippen LogP contribution in [0.25, 0.3) is 0 Å². The van der Waals surface area contributed by atoms with Gasteiger partial charge in [-0.1, -0.05) is 39.8 Å². The Morgan fingerprint density at radius 2 is 1.83 bits per heavy atom. The van der Waals surface area contributed by atoms with Crippen LogP contribution in [0, 0.1) is 23.2 Å². The van der Waals surface area contributed by atoms with Gasteiger partial charge in [0.05, 0.1) is 11.9 Å². The maximum Gasteiger partial charge on any atom is 0.250 e. The van der Waals surface area contributed by atoms with E-state index in [2.05, 4.69) is 40.4 Å². The molecule has 0 unspecified atom stereocenters. The SMILES string of the molecule is C=C(C)[C@H]1[C@@H](OC)CC2=C(O[Si](C)(C)C(C)(C)C)C[C@@H]3C(=O)C=C(C)C(=O)[C@]3(C)[C@@H]21. The first-order chi connectivity index (χ1) is 13.7. The van der Waals surface area contributed by atoms with Crippen LogP contribution in [-0.4, -0.2) is 33.1 Å². The van der Waals surface area contributed by atoms with Gasteiger partial charge in [-0.2, -0.15) is 0 Å². The summed E-state index contributed by atoms with van der Waals surface area (Å²) < 4.78 is 12.7. The Morgan fingerprint density at radius 1 is 1.23 bits per heavy atom. The van der Waals surface area contributed by atoms with Crippen LogP contribution in [0.2, 0.25) is 18.1 Å². The van der Waals surface area contributed by atoms with Crippen molar-refractivity contribution < 1.29 is 18.8 Å². The number of ether oxygens (including phenoxy) is 1. The van der Waals surface area contributed by atoms with Gasteiger partial charge in [-0.3, -0.25) is 9.59 Å². The molecule has 0 spiro atoms. The summed E-state index contributed by atoms with van der Waals surface area (Å²) in [5.41, 5.74) is 1.97. The smallest absolute Gasteiger partial charge is 0.250 e. The quantitative estimate of drug-likeness (QED) is 0.429. The van der Waals surface area contributed by atoms with Crippen molar-refractivity contribution in [3.63, 3.8) is 0 Å². The predicted octanol–water partition coefficient (Wildman–Crippen LogP) is 5.61. The van der Waals surface area contributed by atoms with Gasteiger partial charge in [0, 0.05) is 36.7 Å². The molecular formula is C25H38O4Si. The maximum atomic E-state index is 13.5. The molecule has 30 heavy (non-hydrogen) atoms. The fourth-order valence-corrected chi connectivity index (χ4v) is 6.71. The fraction of sp³-hybridized carbons (Fsp3) is 0.680. The van der Waals surface area contributed by atoms with Crippen molar-refractivity contribution in [2.75, 3.05) is 7.11 Å². The van der Waals surface area contributed by atoms with Crippen molar-refractivity contribution >= 4 is 19.9 Å². The molecule has 1 fully saturated rings. The van der Waals surface area contributed by atoms with E-state index in [1.165, 1.54) is 5.57 Å². The summed E-state index contributed by atoms with van der Waals surface area (Å²) in [7, 11) is -0.372. The molecule has 166 valence electrons. The fourth-order valence-electron chi connectivity index (χ4n) is 5.57. The van der Waals surface area contributed by atoms with Crippen LogP contribution in [0.1, 0.15) is 54.4 Å². The first kappa shape index (κ1) is 23.2. The summed E-state index contributed by atoms with van der Waals surface area (Å²) in [6, 6.07) is 0. The summed E-state index contributed by atoms with van der Waals surface area (Å²) in [4.78, 5) is 26.7. The molecule has 1 saturated carbocycles. The van der Waals surface area contributed by atoms with E-state index in [0.717, 1.165) is 17.8 Å². The van der Waals surface area contributed by atoms with E-state index in [0.29, 0.717) is 12.0 Å². The van der Waals surface area contributed by atoms with Crippen LogP contribution in [-0.2, 0) is 18.8 Å². The number of carbonyl (C=O) groups excluding carboxylic acids is 2. The lowest BCUT2D eigenvalue weighted by molar-refractivity contribution is -0.141. The third-order valence-electron chi connectivity index (χ3n) is 8.28. The van der Waals surface area contributed by atoms with Crippen molar-refractivity contribution in [1.29, 1.82) is 0 Å². The van der Waals surface area contributed by atoms with Crippen molar-refractivity contribution in [3.05, 3.63) is 35.1 Å². The Morgan fingerprint density at radius 3 is 2.33 bits per heavy atom. The molecular weight excluding hydrogens is 392 g/mol. The number of hydrogen-bond acceptors (Lipinski definition) is 4. The molecule has 0 radical (unpaired) electrons. The Labute approximate surface area is 182 Å². The Kier molecular flexibility index (Phi) is 5.65. The molecule has 0 heterocycles. The van der Waals surface area contributed by atoms with Gasteiger partial charge in [0.25, 0.3) is 0 Å². The second kappa shape index (κ2) is 7.30. The van der Waals surface area contributed by atoms with Crippen LogP contribution in [0.5, 0.6) is 0 Å². The number of carbonyl (C=O) groups is 2. The van der Waals surface area contributed by atoms with Crippen LogP contribution in [0.4, 0.5) is 0 Å². The molecule has 0 aromatic rings. The van der Waals surface area contributed by atoms with Gasteiger partial charge >= 0.3 is 0 Å². The van der Waals surface area contributed by atoms with Crippen molar-refractivity contribution in [1.82, 2.24) is 0 Å². The minimum Gasteiger partial charge on any atom is -0.547 e. The maximum absolute atomic E-state index is 13.5. The molecule has 0 aromatic heterocycles. The second-order valence-corrected chi connectivity index (χ2v) is 16.0. The van der Waals surface area contributed by atoms with Crippen LogP contribution in [0.3, 0.4) is 0 Å². The number of allylic oxidation sites excluding steroid dienone is 3. The first-order valence-electron chi connectivity index (χ1n) is 11.0. The lowest BCUT2D eigenvalue weighted by Gasteiger charge is -2.50. The lowest BCUT2D eigenvalue weighted by atomic mass is 9.53. The highest BCUT2D eigenvalue weighted by molar-refractivity contribution is 6.74. The molecule has 0 saturated heterocycles. The number of rotatable bonds is 4. The molecule has 0 N–H and O–H groups in total. The van der Waals surface area contributed by atoms with E-state index in [-0.39, 0.29) is 40.5 Å². The number of hydrogen-bond donors (Lipinski definition) is 0. The zero-order valence-electron chi connectivity index (χ0n) is 20.1. The van der Waals surface area contributed by atoms with Crippen LogP contribution < -0.4 is 0 Å². The van der Waals surface area contributed by atoms with Crippen molar-refractivity contribution in [3.8, 4) is 0 Å². The summed E-state index contributed by atoms with van der Waals surface area (Å²) in [6.07, 6.45) is 2.73. The molecule has 3 aliphatic carbocycles. The zero-order chi connectivity index (χ0) is 22.8. The lowest BCUT2D eigenvalue weighted by Crippen LogP contribution is -2.54. The van der Waals surface area contributed by atoms with E-state index >= 15 is 0 Å². The summed E-state index contributed by atoms with van der Waals surface area (Å²) in [5.74, 6) is 0.570. The van der Waals surface area contributed by atoms with Gasteiger partial charge in [0.1, 0.15) is 0 Å². The molecule has 0 aromatic carbocycles. The van der Waals surface area contributed by atoms with E-state index in [1.54, 1.807) is 20.1 Å². The van der Waals surface area contributed by atoms with E-state index in [1.807, 2.05) is 13.8 Å². The summed E-state index contributed by atoms with van der Waals surface area (Å²) in [6.45, 7) is 21.2. The average molecular weight is 431 g/mol. The molecule has 3 rings (SSSR count). The molecule has 0 aliphatic heterocycles. The highest BCUT2D eigenvalue weighted by Gasteiger charge is 2.62. The first-order valence-corrected chi connectivity index (χ1v) is 13.9. The number of Topliss-reactive ketones (excluding diaryl/α,β-unsaturated/α-hetero) is 1. The van der Waals surface area contributed by atoms with Gasteiger partial charge in [-0.25, -0.2) is 0 Å². The van der Waals surface area contributed by atoms with E-state index in [9.17, 15) is 9.59 Å². The predicted molar refractivity (Wildman–Crippen MR) is 123 cm³/mol. The molecule has 3 aliphatic rings. The highest BCUT2D eigenvalue weighted by atomic mass is 28.4. The van der Waals surface area contributed by atoms with E-state index < -0.39 is 13.7 Å².